The predicted octanol–water partition coefficient (Wildman–Crippen LogP) is 2.25. The molecule has 1 atom stereocenters. The van der Waals surface area contributed by atoms with Crippen molar-refractivity contribution < 1.29 is 9.53 Å². The molecule has 0 aliphatic heterocycles. The molecule has 0 bridgehead atoms. The van der Waals surface area contributed by atoms with Crippen LogP contribution in [0.2, 0.25) is 5.02 Å². The zero-order valence-corrected chi connectivity index (χ0v) is 11.0. The van der Waals surface area contributed by atoms with Crippen molar-refractivity contribution in [3.05, 3.63) is 27.7 Å². The number of amides is 1. The van der Waals surface area contributed by atoms with Gasteiger partial charge < -0.3 is 4.74 Å². The molecule has 0 saturated carbocycles. The molecule has 0 aliphatic rings. The van der Waals surface area contributed by atoms with Crippen LogP contribution >= 0.6 is 27.5 Å². The van der Waals surface area contributed by atoms with E-state index in [1.54, 1.807) is 18.2 Å². The second-order valence-corrected chi connectivity index (χ2v) is 4.39. The highest BCUT2D eigenvalue weighted by molar-refractivity contribution is 9.10. The molecule has 0 saturated heterocycles. The van der Waals surface area contributed by atoms with Gasteiger partial charge >= 0.3 is 0 Å². The lowest BCUT2D eigenvalue weighted by Crippen LogP contribution is -2.41. The molecule has 0 fully saturated rings. The maximum Gasteiger partial charge on any atom is 0.274 e. The van der Waals surface area contributed by atoms with Crippen molar-refractivity contribution >= 4 is 33.4 Å². The number of ether oxygens (including phenoxy) is 1. The third-order valence-electron chi connectivity index (χ3n) is 1.97. The molecule has 0 radical (unpaired) electrons. The SMILES string of the molecule is CCC(Oc1ccc(Cl)cc1Br)C(=O)NN. The number of nitrogens with one attached hydrogen (secondary N) is 1. The second-order valence-electron chi connectivity index (χ2n) is 3.10. The monoisotopic (exact) mass is 306 g/mol. The standard InChI is InChI=1S/C10H12BrClN2O2/c1-2-8(10(15)14-13)16-9-4-3-6(12)5-7(9)11/h3-5,8H,2,13H2,1H3,(H,14,15). The third kappa shape index (κ3) is 3.37. The zero-order valence-electron chi connectivity index (χ0n) is 8.67. The Balaban J connectivity index is 2.82. The Morgan fingerprint density at radius 2 is 2.38 bits per heavy atom. The average molecular weight is 308 g/mol. The number of hydrogen-bond acceptors (Lipinski definition) is 3. The smallest absolute Gasteiger partial charge is 0.274 e. The Labute approximate surface area is 107 Å². The Hall–Kier alpha value is -0.780. The van der Waals surface area contributed by atoms with Crippen molar-refractivity contribution in [1.82, 2.24) is 5.43 Å². The van der Waals surface area contributed by atoms with Crippen LogP contribution in [0.25, 0.3) is 0 Å². The minimum atomic E-state index is -0.609. The summed E-state index contributed by atoms with van der Waals surface area (Å²) < 4.78 is 6.20. The van der Waals surface area contributed by atoms with E-state index in [-0.39, 0.29) is 5.91 Å². The quantitative estimate of drug-likeness (QED) is 0.509. The number of rotatable bonds is 4. The summed E-state index contributed by atoms with van der Waals surface area (Å²) in [6.07, 6.45) is -0.0829. The summed E-state index contributed by atoms with van der Waals surface area (Å²) in [5, 5.41) is 0.593. The van der Waals surface area contributed by atoms with Gasteiger partial charge in [-0.15, -0.1) is 0 Å². The van der Waals surface area contributed by atoms with Crippen molar-refractivity contribution in [2.75, 3.05) is 0 Å². The van der Waals surface area contributed by atoms with Crippen LogP contribution < -0.4 is 16.0 Å². The fourth-order valence-electron chi connectivity index (χ4n) is 1.14. The highest BCUT2D eigenvalue weighted by Gasteiger charge is 2.18. The predicted molar refractivity (Wildman–Crippen MR) is 66.2 cm³/mol. The minimum absolute atomic E-state index is 0.357. The summed E-state index contributed by atoms with van der Waals surface area (Å²) >= 11 is 9.10. The van der Waals surface area contributed by atoms with E-state index >= 15 is 0 Å². The fourth-order valence-corrected chi connectivity index (χ4v) is 1.92. The summed E-state index contributed by atoms with van der Waals surface area (Å²) in [4.78, 5) is 11.3. The maximum absolute atomic E-state index is 11.3. The van der Waals surface area contributed by atoms with E-state index in [9.17, 15) is 4.79 Å². The number of hydrazine groups is 1. The molecule has 1 aromatic rings. The number of carbonyl (C=O) groups excluding carboxylic acids is 1. The summed E-state index contributed by atoms with van der Waals surface area (Å²) in [7, 11) is 0. The molecular formula is C10H12BrClN2O2. The van der Waals surface area contributed by atoms with E-state index < -0.39 is 6.10 Å². The van der Waals surface area contributed by atoms with Crippen LogP contribution in [-0.2, 0) is 4.79 Å². The average Bonchev–Trinajstić information content (AvgIpc) is 2.27. The van der Waals surface area contributed by atoms with Crippen molar-refractivity contribution in [3.63, 3.8) is 0 Å². The summed E-state index contributed by atoms with van der Waals surface area (Å²) in [6, 6.07) is 5.08. The van der Waals surface area contributed by atoms with Crippen LogP contribution in [0, 0.1) is 0 Å². The van der Waals surface area contributed by atoms with Crippen LogP contribution in [0.15, 0.2) is 22.7 Å². The van der Waals surface area contributed by atoms with Gasteiger partial charge in [0, 0.05) is 5.02 Å². The largest absolute Gasteiger partial charge is 0.479 e. The van der Waals surface area contributed by atoms with Crippen LogP contribution in [0.3, 0.4) is 0 Å². The molecule has 1 rings (SSSR count). The van der Waals surface area contributed by atoms with Crippen molar-refractivity contribution in [3.8, 4) is 5.75 Å². The first-order valence-corrected chi connectivity index (χ1v) is 5.87. The first-order chi connectivity index (χ1) is 7.58. The highest BCUT2D eigenvalue weighted by Crippen LogP contribution is 2.29. The summed E-state index contributed by atoms with van der Waals surface area (Å²) in [6.45, 7) is 1.84. The lowest BCUT2D eigenvalue weighted by Gasteiger charge is -2.16. The first-order valence-electron chi connectivity index (χ1n) is 4.70. The van der Waals surface area contributed by atoms with Crippen molar-refractivity contribution in [1.29, 1.82) is 0 Å². The van der Waals surface area contributed by atoms with Gasteiger partial charge in [-0.05, 0) is 40.5 Å². The molecule has 1 amide bonds. The molecular weight excluding hydrogens is 295 g/mol. The van der Waals surface area contributed by atoms with E-state index in [0.717, 1.165) is 0 Å². The normalized spacial score (nSPS) is 12.0. The number of hydrogen-bond donors (Lipinski definition) is 2. The van der Waals surface area contributed by atoms with Crippen LogP contribution in [0.5, 0.6) is 5.75 Å². The van der Waals surface area contributed by atoms with Gasteiger partial charge in [-0.25, -0.2) is 5.84 Å². The van der Waals surface area contributed by atoms with Gasteiger partial charge in [-0.1, -0.05) is 18.5 Å². The van der Waals surface area contributed by atoms with Gasteiger partial charge in [-0.2, -0.15) is 0 Å². The van der Waals surface area contributed by atoms with Gasteiger partial charge in [0.25, 0.3) is 5.91 Å². The first kappa shape index (κ1) is 13.3. The van der Waals surface area contributed by atoms with E-state index in [1.807, 2.05) is 6.92 Å². The molecule has 6 heteroatoms. The number of nitrogens with two attached hydrogens (primary N) is 1. The van der Waals surface area contributed by atoms with Crippen LogP contribution in [0.1, 0.15) is 13.3 Å². The number of halogens is 2. The molecule has 4 nitrogen and oxygen atoms in total. The van der Waals surface area contributed by atoms with E-state index in [0.29, 0.717) is 21.7 Å². The Kier molecular flexibility index (Phi) is 5.05. The molecule has 3 N–H and O–H groups in total. The summed E-state index contributed by atoms with van der Waals surface area (Å²) in [5.41, 5.74) is 2.06. The Bertz CT molecular complexity index is 387. The lowest BCUT2D eigenvalue weighted by atomic mass is 10.2. The van der Waals surface area contributed by atoms with Gasteiger partial charge in [0.2, 0.25) is 0 Å². The van der Waals surface area contributed by atoms with Gasteiger partial charge in [0.1, 0.15) is 5.75 Å². The van der Waals surface area contributed by atoms with E-state index in [1.165, 1.54) is 0 Å². The molecule has 16 heavy (non-hydrogen) atoms. The topological polar surface area (TPSA) is 64.3 Å². The molecule has 0 spiro atoms. The number of benzene rings is 1. The highest BCUT2D eigenvalue weighted by atomic mass is 79.9. The third-order valence-corrected chi connectivity index (χ3v) is 2.82. The molecule has 88 valence electrons. The van der Waals surface area contributed by atoms with Crippen molar-refractivity contribution in [2.24, 2.45) is 5.84 Å². The fraction of sp³-hybridized carbons (Fsp3) is 0.300. The van der Waals surface area contributed by atoms with Crippen LogP contribution in [-0.4, -0.2) is 12.0 Å². The Morgan fingerprint density at radius 1 is 1.69 bits per heavy atom. The number of carbonyl (C=O) groups is 1. The molecule has 0 aromatic heterocycles. The molecule has 1 unspecified atom stereocenters. The molecule has 0 aliphatic carbocycles. The second kappa shape index (κ2) is 6.08. The van der Waals surface area contributed by atoms with E-state index in [2.05, 4.69) is 21.4 Å². The van der Waals surface area contributed by atoms with Crippen molar-refractivity contribution in [2.45, 2.75) is 19.4 Å². The van der Waals surface area contributed by atoms with Gasteiger partial charge in [0.05, 0.1) is 4.47 Å². The zero-order chi connectivity index (χ0) is 12.1. The van der Waals surface area contributed by atoms with Gasteiger partial charge in [-0.3, -0.25) is 10.2 Å². The Morgan fingerprint density at radius 3 is 2.88 bits per heavy atom. The minimum Gasteiger partial charge on any atom is -0.479 e. The molecule has 1 aromatic carbocycles. The lowest BCUT2D eigenvalue weighted by molar-refractivity contribution is -0.128. The molecule has 0 heterocycles. The van der Waals surface area contributed by atoms with Crippen LogP contribution in [0.4, 0.5) is 0 Å². The maximum atomic E-state index is 11.3. The van der Waals surface area contributed by atoms with Gasteiger partial charge in [0.15, 0.2) is 6.10 Å². The van der Waals surface area contributed by atoms with E-state index in [4.69, 9.17) is 22.2 Å². The summed E-state index contributed by atoms with van der Waals surface area (Å²) in [5.74, 6) is 5.25.